The topological polar surface area (TPSA) is 46.3 Å². The second-order valence-electron chi connectivity index (χ2n) is 4.47. The SMILES string of the molecule is NC(=O)C1CCN(c2c(F)cccc2C(F)(F)F)C1. The van der Waals surface area contributed by atoms with E-state index in [1.54, 1.807) is 0 Å². The monoisotopic (exact) mass is 276 g/mol. The van der Waals surface area contributed by atoms with Crippen molar-refractivity contribution in [2.75, 3.05) is 18.0 Å². The van der Waals surface area contributed by atoms with E-state index >= 15 is 0 Å². The molecule has 1 fully saturated rings. The maximum absolute atomic E-state index is 13.7. The Morgan fingerprint density at radius 1 is 1.37 bits per heavy atom. The zero-order valence-corrected chi connectivity index (χ0v) is 9.88. The first-order chi connectivity index (χ1) is 8.80. The molecule has 0 saturated carbocycles. The summed E-state index contributed by atoms with van der Waals surface area (Å²) in [6.45, 7) is 0.191. The number of benzene rings is 1. The van der Waals surface area contributed by atoms with Crippen molar-refractivity contribution in [3.05, 3.63) is 29.6 Å². The molecule has 0 aromatic heterocycles. The van der Waals surface area contributed by atoms with Gasteiger partial charge >= 0.3 is 6.18 Å². The average molecular weight is 276 g/mol. The van der Waals surface area contributed by atoms with Gasteiger partial charge in [-0.2, -0.15) is 13.2 Å². The summed E-state index contributed by atoms with van der Waals surface area (Å²) in [5.74, 6) is -2.06. The number of alkyl halides is 3. The molecule has 2 N–H and O–H groups in total. The molecular formula is C12H12F4N2O. The molecule has 0 radical (unpaired) electrons. The van der Waals surface area contributed by atoms with E-state index in [2.05, 4.69) is 0 Å². The molecule has 1 amide bonds. The highest BCUT2D eigenvalue weighted by Gasteiger charge is 2.38. The molecule has 1 aliphatic rings. The number of hydrogen-bond donors (Lipinski definition) is 1. The Kier molecular flexibility index (Phi) is 3.38. The summed E-state index contributed by atoms with van der Waals surface area (Å²) in [7, 11) is 0. The van der Waals surface area contributed by atoms with E-state index in [4.69, 9.17) is 5.73 Å². The minimum Gasteiger partial charge on any atom is -0.369 e. The Labute approximate surface area is 107 Å². The third kappa shape index (κ3) is 2.64. The molecule has 0 aliphatic carbocycles. The summed E-state index contributed by atoms with van der Waals surface area (Å²) in [6, 6.07) is 2.82. The van der Waals surface area contributed by atoms with E-state index in [9.17, 15) is 22.4 Å². The first kappa shape index (κ1) is 13.6. The van der Waals surface area contributed by atoms with E-state index < -0.39 is 35.1 Å². The number of halogens is 4. The highest BCUT2D eigenvalue weighted by Crippen LogP contribution is 2.39. The van der Waals surface area contributed by atoms with Gasteiger partial charge in [-0.05, 0) is 18.6 Å². The van der Waals surface area contributed by atoms with Gasteiger partial charge in [0, 0.05) is 13.1 Å². The second-order valence-corrected chi connectivity index (χ2v) is 4.47. The number of nitrogens with two attached hydrogens (primary N) is 1. The molecule has 1 aromatic carbocycles. The normalized spacial score (nSPS) is 19.8. The fourth-order valence-electron chi connectivity index (χ4n) is 2.26. The zero-order chi connectivity index (χ0) is 14.2. The van der Waals surface area contributed by atoms with Gasteiger partial charge in [-0.25, -0.2) is 4.39 Å². The van der Waals surface area contributed by atoms with Crippen LogP contribution < -0.4 is 10.6 Å². The van der Waals surface area contributed by atoms with Crippen molar-refractivity contribution < 1.29 is 22.4 Å². The van der Waals surface area contributed by atoms with Crippen LogP contribution >= 0.6 is 0 Å². The van der Waals surface area contributed by atoms with E-state index in [0.717, 1.165) is 18.2 Å². The van der Waals surface area contributed by atoms with Gasteiger partial charge in [-0.1, -0.05) is 6.07 Å². The Balaban J connectivity index is 2.38. The molecular weight excluding hydrogens is 264 g/mol. The predicted octanol–water partition coefficient (Wildman–Crippen LogP) is 2.16. The minimum absolute atomic E-state index is 0.0132. The fourth-order valence-corrected chi connectivity index (χ4v) is 2.26. The average Bonchev–Trinajstić information content (AvgIpc) is 2.76. The number of para-hydroxylation sites is 1. The molecule has 7 heteroatoms. The van der Waals surface area contributed by atoms with Gasteiger partial charge in [0.05, 0.1) is 17.2 Å². The van der Waals surface area contributed by atoms with Crippen LogP contribution in [0.5, 0.6) is 0 Å². The quantitative estimate of drug-likeness (QED) is 0.841. The lowest BCUT2D eigenvalue weighted by Gasteiger charge is -2.23. The summed E-state index contributed by atoms with van der Waals surface area (Å²) in [6.07, 6.45) is -4.30. The van der Waals surface area contributed by atoms with Crippen LogP contribution in [0.4, 0.5) is 23.2 Å². The maximum atomic E-state index is 13.7. The van der Waals surface area contributed by atoms with Gasteiger partial charge in [-0.15, -0.1) is 0 Å². The van der Waals surface area contributed by atoms with Gasteiger partial charge in [0.1, 0.15) is 5.82 Å². The molecule has 1 saturated heterocycles. The molecule has 19 heavy (non-hydrogen) atoms. The van der Waals surface area contributed by atoms with Crippen LogP contribution in [0, 0.1) is 11.7 Å². The van der Waals surface area contributed by atoms with Crippen LogP contribution in [0.2, 0.25) is 0 Å². The third-order valence-electron chi connectivity index (χ3n) is 3.20. The largest absolute Gasteiger partial charge is 0.418 e. The highest BCUT2D eigenvalue weighted by molar-refractivity contribution is 5.78. The van der Waals surface area contributed by atoms with Crippen molar-refractivity contribution in [2.24, 2.45) is 11.7 Å². The highest BCUT2D eigenvalue weighted by atomic mass is 19.4. The number of anilines is 1. The van der Waals surface area contributed by atoms with Gasteiger partial charge in [0.2, 0.25) is 5.91 Å². The zero-order valence-electron chi connectivity index (χ0n) is 9.88. The van der Waals surface area contributed by atoms with Crippen molar-refractivity contribution in [1.82, 2.24) is 0 Å². The number of primary amides is 1. The van der Waals surface area contributed by atoms with Crippen molar-refractivity contribution in [2.45, 2.75) is 12.6 Å². The van der Waals surface area contributed by atoms with Crippen molar-refractivity contribution in [3.63, 3.8) is 0 Å². The van der Waals surface area contributed by atoms with Gasteiger partial charge in [0.15, 0.2) is 0 Å². The second kappa shape index (κ2) is 4.71. The summed E-state index contributed by atoms with van der Waals surface area (Å²) in [5.41, 5.74) is 3.59. The van der Waals surface area contributed by atoms with Crippen molar-refractivity contribution in [1.29, 1.82) is 0 Å². The molecule has 104 valence electrons. The Bertz CT molecular complexity index is 501. The number of carbonyl (C=O) groups excluding carboxylic acids is 1. The van der Waals surface area contributed by atoms with Crippen LogP contribution in [0.1, 0.15) is 12.0 Å². The molecule has 1 unspecified atom stereocenters. The van der Waals surface area contributed by atoms with Gasteiger partial charge in [0.25, 0.3) is 0 Å². The Hall–Kier alpha value is -1.79. The number of amides is 1. The van der Waals surface area contributed by atoms with E-state index in [1.165, 1.54) is 4.90 Å². The van der Waals surface area contributed by atoms with Gasteiger partial charge < -0.3 is 10.6 Å². The van der Waals surface area contributed by atoms with E-state index in [-0.39, 0.29) is 13.1 Å². The van der Waals surface area contributed by atoms with Crippen LogP contribution in [0.15, 0.2) is 18.2 Å². The molecule has 1 aromatic rings. The lowest BCUT2D eigenvalue weighted by molar-refractivity contribution is -0.137. The van der Waals surface area contributed by atoms with Crippen LogP contribution in [0.25, 0.3) is 0 Å². The fraction of sp³-hybridized carbons (Fsp3) is 0.417. The number of carbonyl (C=O) groups is 1. The molecule has 2 rings (SSSR count). The third-order valence-corrected chi connectivity index (χ3v) is 3.20. The molecule has 1 atom stereocenters. The predicted molar refractivity (Wildman–Crippen MR) is 60.9 cm³/mol. The van der Waals surface area contributed by atoms with E-state index in [1.807, 2.05) is 0 Å². The van der Waals surface area contributed by atoms with Crippen LogP contribution in [-0.2, 0) is 11.0 Å². The molecule has 3 nitrogen and oxygen atoms in total. The summed E-state index contributed by atoms with van der Waals surface area (Å²) in [4.78, 5) is 12.3. The Morgan fingerprint density at radius 2 is 2.05 bits per heavy atom. The minimum atomic E-state index is -4.64. The summed E-state index contributed by atoms with van der Waals surface area (Å²) in [5, 5.41) is 0. The van der Waals surface area contributed by atoms with Crippen LogP contribution in [-0.4, -0.2) is 19.0 Å². The molecule has 0 spiro atoms. The lowest BCUT2D eigenvalue weighted by Crippen LogP contribution is -2.29. The number of rotatable bonds is 2. The summed E-state index contributed by atoms with van der Waals surface area (Å²) < 4.78 is 52.3. The first-order valence-corrected chi connectivity index (χ1v) is 5.70. The lowest BCUT2D eigenvalue weighted by atomic mass is 10.1. The first-order valence-electron chi connectivity index (χ1n) is 5.70. The van der Waals surface area contributed by atoms with Crippen molar-refractivity contribution >= 4 is 11.6 Å². The number of nitrogens with zero attached hydrogens (tertiary/aromatic N) is 1. The van der Waals surface area contributed by atoms with Crippen LogP contribution in [0.3, 0.4) is 0 Å². The molecule has 1 aliphatic heterocycles. The van der Waals surface area contributed by atoms with Crippen molar-refractivity contribution in [3.8, 4) is 0 Å². The van der Waals surface area contributed by atoms with Gasteiger partial charge in [-0.3, -0.25) is 4.79 Å². The van der Waals surface area contributed by atoms with E-state index in [0.29, 0.717) is 6.42 Å². The smallest absolute Gasteiger partial charge is 0.369 e. The number of hydrogen-bond acceptors (Lipinski definition) is 2. The molecule has 0 bridgehead atoms. The summed E-state index contributed by atoms with van der Waals surface area (Å²) >= 11 is 0. The molecule has 1 heterocycles. The Morgan fingerprint density at radius 3 is 2.58 bits per heavy atom. The maximum Gasteiger partial charge on any atom is 0.418 e. The standard InChI is InChI=1S/C12H12F4N2O/c13-9-3-1-2-8(12(14,15)16)10(9)18-5-4-7(6-18)11(17)19/h1-3,7H,4-6H2,(H2,17,19).